The predicted molar refractivity (Wildman–Crippen MR) is 65.2 cm³/mol. The van der Waals surface area contributed by atoms with E-state index >= 15 is 0 Å². The Balaban J connectivity index is 2.92. The maximum absolute atomic E-state index is 11.3. The molecule has 0 aromatic carbocycles. The predicted octanol–water partition coefficient (Wildman–Crippen LogP) is 2.79. The highest BCUT2D eigenvalue weighted by Crippen LogP contribution is 2.47. The van der Waals surface area contributed by atoms with E-state index in [-0.39, 0.29) is 11.3 Å². The molecular weight excluding hydrogens is 202 g/mol. The van der Waals surface area contributed by atoms with Gasteiger partial charge in [0.2, 0.25) is 0 Å². The van der Waals surface area contributed by atoms with Gasteiger partial charge in [-0.25, -0.2) is 0 Å². The largest absolute Gasteiger partial charge is 0.480 e. The highest BCUT2D eigenvalue weighted by atomic mass is 16.4. The van der Waals surface area contributed by atoms with E-state index in [0.717, 1.165) is 19.3 Å². The molecule has 0 aromatic rings. The molecule has 1 aliphatic rings. The first kappa shape index (κ1) is 13.5. The topological polar surface area (TPSA) is 63.3 Å². The fourth-order valence-corrected chi connectivity index (χ4v) is 3.50. The zero-order chi connectivity index (χ0) is 12.4. The summed E-state index contributed by atoms with van der Waals surface area (Å²) in [5, 5.41) is 9.26. The van der Waals surface area contributed by atoms with Gasteiger partial charge in [0.15, 0.2) is 0 Å². The molecule has 0 bridgehead atoms. The summed E-state index contributed by atoms with van der Waals surface area (Å²) in [5.74, 6) is -0.802. The van der Waals surface area contributed by atoms with Gasteiger partial charge >= 0.3 is 5.97 Å². The van der Waals surface area contributed by atoms with Gasteiger partial charge in [-0.05, 0) is 31.1 Å². The number of carbonyl (C=O) groups is 1. The summed E-state index contributed by atoms with van der Waals surface area (Å²) in [7, 11) is 0. The minimum absolute atomic E-state index is 0.0674. The van der Waals surface area contributed by atoms with Gasteiger partial charge in [0, 0.05) is 0 Å². The molecule has 0 spiro atoms. The number of hydrogen-bond acceptors (Lipinski definition) is 2. The molecule has 0 amide bonds. The smallest absolute Gasteiger partial charge is 0.323 e. The number of nitrogens with two attached hydrogens (primary N) is 1. The average Bonchev–Trinajstić information content (AvgIpc) is 2.18. The molecular formula is C13H25NO2. The Morgan fingerprint density at radius 1 is 1.44 bits per heavy atom. The highest BCUT2D eigenvalue weighted by molar-refractivity contribution is 5.78. The second kappa shape index (κ2) is 4.74. The van der Waals surface area contributed by atoms with Crippen LogP contribution in [0.2, 0.25) is 0 Å². The zero-order valence-corrected chi connectivity index (χ0v) is 10.8. The van der Waals surface area contributed by atoms with Gasteiger partial charge in [0.05, 0.1) is 0 Å². The first-order chi connectivity index (χ1) is 7.34. The number of carboxylic acid groups (broad SMARTS) is 1. The standard InChI is InChI=1S/C13H25NO2/c1-4-10(13(3,14)11(15)16)12(2)8-6-5-7-9-12/h10H,4-9,14H2,1-3H3,(H,15,16). The van der Waals surface area contributed by atoms with Gasteiger partial charge in [0.25, 0.3) is 0 Å². The lowest BCUT2D eigenvalue weighted by atomic mass is 9.60. The summed E-state index contributed by atoms with van der Waals surface area (Å²) < 4.78 is 0. The molecule has 3 N–H and O–H groups in total. The summed E-state index contributed by atoms with van der Waals surface area (Å²) in [5.41, 5.74) is 5.04. The SMILES string of the molecule is CCC(C1(C)CCCCC1)C(C)(N)C(=O)O. The van der Waals surface area contributed by atoms with Crippen LogP contribution in [0.3, 0.4) is 0 Å². The van der Waals surface area contributed by atoms with E-state index in [1.165, 1.54) is 19.3 Å². The Morgan fingerprint density at radius 3 is 2.31 bits per heavy atom. The van der Waals surface area contributed by atoms with Crippen LogP contribution in [-0.4, -0.2) is 16.6 Å². The van der Waals surface area contributed by atoms with Gasteiger partial charge in [-0.15, -0.1) is 0 Å². The van der Waals surface area contributed by atoms with Crippen molar-refractivity contribution in [1.29, 1.82) is 0 Å². The van der Waals surface area contributed by atoms with Crippen molar-refractivity contribution in [3.63, 3.8) is 0 Å². The molecule has 0 aromatic heterocycles. The van der Waals surface area contributed by atoms with Crippen molar-refractivity contribution in [1.82, 2.24) is 0 Å². The van der Waals surface area contributed by atoms with Crippen LogP contribution >= 0.6 is 0 Å². The molecule has 3 nitrogen and oxygen atoms in total. The minimum atomic E-state index is -1.10. The molecule has 1 fully saturated rings. The van der Waals surface area contributed by atoms with Crippen LogP contribution in [0.5, 0.6) is 0 Å². The Hall–Kier alpha value is -0.570. The molecule has 16 heavy (non-hydrogen) atoms. The zero-order valence-electron chi connectivity index (χ0n) is 10.8. The van der Waals surface area contributed by atoms with E-state index in [0.29, 0.717) is 0 Å². The van der Waals surface area contributed by atoms with E-state index in [1.807, 2.05) is 0 Å². The van der Waals surface area contributed by atoms with Crippen molar-refractivity contribution in [3.8, 4) is 0 Å². The highest BCUT2D eigenvalue weighted by Gasteiger charge is 2.47. The number of carboxylic acids is 1. The van der Waals surface area contributed by atoms with Crippen LogP contribution in [0.4, 0.5) is 0 Å². The first-order valence-corrected chi connectivity index (χ1v) is 6.37. The van der Waals surface area contributed by atoms with Crippen molar-refractivity contribution in [2.24, 2.45) is 17.1 Å². The van der Waals surface area contributed by atoms with Crippen LogP contribution in [0.15, 0.2) is 0 Å². The molecule has 94 valence electrons. The fraction of sp³-hybridized carbons (Fsp3) is 0.923. The van der Waals surface area contributed by atoms with E-state index in [4.69, 9.17) is 5.73 Å². The summed E-state index contributed by atoms with van der Waals surface area (Å²) >= 11 is 0. The third kappa shape index (κ3) is 2.40. The Morgan fingerprint density at radius 2 is 1.94 bits per heavy atom. The molecule has 2 atom stereocenters. The van der Waals surface area contributed by atoms with Crippen molar-refractivity contribution in [3.05, 3.63) is 0 Å². The monoisotopic (exact) mass is 227 g/mol. The molecule has 0 radical (unpaired) electrons. The van der Waals surface area contributed by atoms with E-state index < -0.39 is 11.5 Å². The van der Waals surface area contributed by atoms with Gasteiger partial charge in [-0.1, -0.05) is 39.5 Å². The van der Waals surface area contributed by atoms with Crippen LogP contribution in [-0.2, 0) is 4.79 Å². The summed E-state index contributed by atoms with van der Waals surface area (Å²) in [6, 6.07) is 0. The van der Waals surface area contributed by atoms with Gasteiger partial charge in [0.1, 0.15) is 5.54 Å². The summed E-state index contributed by atoms with van der Waals surface area (Å²) in [6.45, 7) is 5.94. The minimum Gasteiger partial charge on any atom is -0.480 e. The maximum Gasteiger partial charge on any atom is 0.323 e. The second-order valence-corrected chi connectivity index (χ2v) is 5.76. The third-order valence-electron chi connectivity index (χ3n) is 4.43. The third-order valence-corrected chi connectivity index (χ3v) is 4.43. The Labute approximate surface area is 98.4 Å². The molecule has 3 heteroatoms. The lowest BCUT2D eigenvalue weighted by molar-refractivity contribution is -0.147. The van der Waals surface area contributed by atoms with Gasteiger partial charge in [-0.3, -0.25) is 4.79 Å². The Kier molecular flexibility index (Phi) is 4.00. The number of aliphatic carboxylic acids is 1. The van der Waals surface area contributed by atoms with Crippen molar-refractivity contribution in [2.45, 2.75) is 64.8 Å². The lowest BCUT2D eigenvalue weighted by Crippen LogP contribution is -2.56. The van der Waals surface area contributed by atoms with E-state index in [1.54, 1.807) is 6.92 Å². The van der Waals surface area contributed by atoms with Crippen molar-refractivity contribution < 1.29 is 9.90 Å². The molecule has 1 aliphatic carbocycles. The van der Waals surface area contributed by atoms with Crippen molar-refractivity contribution in [2.75, 3.05) is 0 Å². The Bertz CT molecular complexity index is 255. The maximum atomic E-state index is 11.3. The molecule has 0 aliphatic heterocycles. The van der Waals surface area contributed by atoms with Crippen LogP contribution in [0, 0.1) is 11.3 Å². The first-order valence-electron chi connectivity index (χ1n) is 6.37. The second-order valence-electron chi connectivity index (χ2n) is 5.76. The van der Waals surface area contributed by atoms with Crippen molar-refractivity contribution >= 4 is 5.97 Å². The molecule has 1 rings (SSSR count). The van der Waals surface area contributed by atoms with E-state index in [9.17, 15) is 9.90 Å². The average molecular weight is 227 g/mol. The van der Waals surface area contributed by atoms with Crippen LogP contribution in [0.25, 0.3) is 0 Å². The van der Waals surface area contributed by atoms with E-state index in [2.05, 4.69) is 13.8 Å². The normalized spacial score (nSPS) is 25.8. The van der Waals surface area contributed by atoms with Crippen LogP contribution < -0.4 is 5.73 Å². The molecule has 0 heterocycles. The molecule has 1 saturated carbocycles. The van der Waals surface area contributed by atoms with Gasteiger partial charge < -0.3 is 10.8 Å². The summed E-state index contributed by atoms with van der Waals surface area (Å²) in [6.07, 6.45) is 6.78. The number of hydrogen-bond donors (Lipinski definition) is 2. The molecule has 2 unspecified atom stereocenters. The fourth-order valence-electron chi connectivity index (χ4n) is 3.50. The van der Waals surface area contributed by atoms with Gasteiger partial charge in [-0.2, -0.15) is 0 Å². The lowest BCUT2D eigenvalue weighted by Gasteiger charge is -2.46. The van der Waals surface area contributed by atoms with Crippen LogP contribution in [0.1, 0.15) is 59.3 Å². The number of rotatable bonds is 4. The summed E-state index contributed by atoms with van der Waals surface area (Å²) in [4.78, 5) is 11.3. The quantitative estimate of drug-likeness (QED) is 0.776. The molecule has 0 saturated heterocycles.